The maximum atomic E-state index is 12.4. The summed E-state index contributed by atoms with van der Waals surface area (Å²) >= 11 is 0. The molecule has 0 saturated heterocycles. The van der Waals surface area contributed by atoms with E-state index >= 15 is 0 Å². The van der Waals surface area contributed by atoms with Crippen LogP contribution in [0.15, 0.2) is 18.2 Å². The van der Waals surface area contributed by atoms with Crippen molar-refractivity contribution in [3.8, 4) is 11.5 Å². The van der Waals surface area contributed by atoms with Gasteiger partial charge in [0.1, 0.15) is 17.5 Å². The minimum absolute atomic E-state index is 0.0378. The highest BCUT2D eigenvalue weighted by molar-refractivity contribution is 5.92. The van der Waals surface area contributed by atoms with E-state index in [2.05, 4.69) is 17.6 Å². The quantitative estimate of drug-likeness (QED) is 0.172. The molecule has 0 saturated carbocycles. The highest BCUT2D eigenvalue weighted by atomic mass is 16.3. The number of amides is 2. The molecule has 0 heterocycles. The number of carbonyl (C=O) groups is 2. The predicted octanol–water partition coefficient (Wildman–Crippen LogP) is 1.93. The van der Waals surface area contributed by atoms with Crippen molar-refractivity contribution in [1.29, 1.82) is 5.41 Å². The van der Waals surface area contributed by atoms with Gasteiger partial charge in [0.15, 0.2) is 0 Å². The van der Waals surface area contributed by atoms with Crippen LogP contribution in [0.25, 0.3) is 0 Å². The van der Waals surface area contributed by atoms with Crippen molar-refractivity contribution in [3.63, 3.8) is 0 Å². The molecule has 0 aliphatic heterocycles. The van der Waals surface area contributed by atoms with Crippen LogP contribution in [0, 0.1) is 5.41 Å². The number of phenols is 2. The average Bonchev–Trinajstić information content (AvgIpc) is 2.62. The van der Waals surface area contributed by atoms with Crippen molar-refractivity contribution >= 4 is 17.6 Å². The third-order valence-corrected chi connectivity index (χ3v) is 4.35. The van der Waals surface area contributed by atoms with Crippen LogP contribution in [0.1, 0.15) is 57.4 Å². The molecule has 2 amide bonds. The van der Waals surface area contributed by atoms with Crippen LogP contribution in [0.5, 0.6) is 11.5 Å². The number of aromatic hydroxyl groups is 2. The van der Waals surface area contributed by atoms with E-state index in [-0.39, 0.29) is 36.2 Å². The Labute approximate surface area is 166 Å². The van der Waals surface area contributed by atoms with Crippen LogP contribution in [0.2, 0.25) is 0 Å². The van der Waals surface area contributed by atoms with Gasteiger partial charge in [0.2, 0.25) is 11.8 Å². The molecule has 0 bridgehead atoms. The van der Waals surface area contributed by atoms with E-state index in [1.54, 1.807) is 6.07 Å². The van der Waals surface area contributed by atoms with Gasteiger partial charge in [0, 0.05) is 25.5 Å². The average molecular weight is 393 g/mol. The molecule has 1 atom stereocenters. The summed E-state index contributed by atoms with van der Waals surface area (Å²) in [5.41, 5.74) is 5.99. The largest absolute Gasteiger partial charge is 0.508 e. The Morgan fingerprint density at radius 3 is 2.54 bits per heavy atom. The number of nitrogens with two attached hydrogens (primary N) is 1. The third kappa shape index (κ3) is 9.25. The Hall–Kier alpha value is -2.77. The van der Waals surface area contributed by atoms with E-state index in [4.69, 9.17) is 11.1 Å². The van der Waals surface area contributed by atoms with Crippen LogP contribution >= 0.6 is 0 Å². The fraction of sp³-hybridized carbons (Fsp3) is 0.550. The van der Waals surface area contributed by atoms with E-state index < -0.39 is 11.9 Å². The molecule has 0 radical (unpaired) electrons. The molecule has 0 aromatic heterocycles. The highest BCUT2D eigenvalue weighted by Gasteiger charge is 2.21. The fourth-order valence-corrected chi connectivity index (χ4v) is 2.79. The van der Waals surface area contributed by atoms with Crippen molar-refractivity contribution in [2.75, 3.05) is 6.54 Å². The number of nitrogens with one attached hydrogen (secondary N) is 3. The minimum atomic E-state index is -0.894. The summed E-state index contributed by atoms with van der Waals surface area (Å²) in [5.74, 6) is -0.920. The normalized spacial score (nSPS) is 11.6. The molecule has 0 aliphatic carbocycles. The Morgan fingerprint density at radius 1 is 1.18 bits per heavy atom. The number of unbranched alkanes of at least 4 members (excludes halogenated alkanes) is 4. The third-order valence-electron chi connectivity index (χ3n) is 4.35. The summed E-state index contributed by atoms with van der Waals surface area (Å²) in [6.45, 7) is 2.36. The van der Waals surface area contributed by atoms with Crippen LogP contribution < -0.4 is 16.4 Å². The smallest absolute Gasteiger partial charge is 0.243 e. The van der Waals surface area contributed by atoms with E-state index in [0.717, 1.165) is 32.1 Å². The lowest BCUT2D eigenvalue weighted by Crippen LogP contribution is -2.48. The van der Waals surface area contributed by atoms with Crippen LogP contribution in [-0.4, -0.2) is 40.4 Å². The van der Waals surface area contributed by atoms with Gasteiger partial charge in [-0.2, -0.15) is 0 Å². The van der Waals surface area contributed by atoms with Crippen molar-refractivity contribution in [2.45, 2.75) is 64.3 Å². The second kappa shape index (κ2) is 12.6. The second-order valence-electron chi connectivity index (χ2n) is 6.87. The first kappa shape index (κ1) is 23.3. The lowest BCUT2D eigenvalue weighted by molar-refractivity contribution is -0.128. The summed E-state index contributed by atoms with van der Waals surface area (Å²) in [5, 5.41) is 31.8. The molecule has 28 heavy (non-hydrogen) atoms. The molecule has 7 N–H and O–H groups in total. The van der Waals surface area contributed by atoms with E-state index in [1.807, 2.05) is 0 Å². The Morgan fingerprint density at radius 2 is 1.89 bits per heavy atom. The van der Waals surface area contributed by atoms with Gasteiger partial charge >= 0.3 is 0 Å². The standard InChI is InChI=1S/C20H32N4O4/c1-2-3-4-5-6-7-19(27)24-16(13-18(21)22)20(28)23-11-10-14-8-9-15(25)12-17(14)26/h8-9,12,16,25-26H,2-7,10-11,13H2,1H3,(H3,21,22)(H,23,28)(H,24,27)/t16-/m1/s1. The summed E-state index contributed by atoms with van der Waals surface area (Å²) in [6.07, 6.45) is 5.75. The number of benzene rings is 1. The SMILES string of the molecule is CCCCCCCC(=O)N[C@H](CC(=N)N)C(=O)NCCc1ccc(O)cc1O. The topological polar surface area (TPSA) is 149 Å². The molecule has 0 unspecified atom stereocenters. The Kier molecular flexibility index (Phi) is 10.5. The van der Waals surface area contributed by atoms with Crippen LogP contribution in [0.3, 0.4) is 0 Å². The minimum Gasteiger partial charge on any atom is -0.508 e. The van der Waals surface area contributed by atoms with Gasteiger partial charge in [0.05, 0.1) is 5.84 Å². The molecule has 8 heteroatoms. The number of hydrogen-bond acceptors (Lipinski definition) is 5. The van der Waals surface area contributed by atoms with Crippen molar-refractivity contribution in [1.82, 2.24) is 10.6 Å². The van der Waals surface area contributed by atoms with Gasteiger partial charge in [-0.3, -0.25) is 15.0 Å². The predicted molar refractivity (Wildman–Crippen MR) is 108 cm³/mol. The molecule has 156 valence electrons. The molecule has 0 spiro atoms. The Balaban J connectivity index is 2.47. The van der Waals surface area contributed by atoms with Gasteiger partial charge in [0.25, 0.3) is 0 Å². The van der Waals surface area contributed by atoms with Gasteiger partial charge in [-0.1, -0.05) is 38.7 Å². The molecule has 0 aliphatic rings. The number of rotatable bonds is 13. The van der Waals surface area contributed by atoms with Crippen LogP contribution in [-0.2, 0) is 16.0 Å². The monoisotopic (exact) mass is 392 g/mol. The van der Waals surface area contributed by atoms with E-state index in [1.165, 1.54) is 12.1 Å². The zero-order valence-electron chi connectivity index (χ0n) is 16.5. The number of phenolic OH excluding ortho intramolecular Hbond substituents is 2. The first-order chi connectivity index (χ1) is 13.3. The molecular formula is C20H32N4O4. The Bertz CT molecular complexity index is 664. The fourth-order valence-electron chi connectivity index (χ4n) is 2.79. The van der Waals surface area contributed by atoms with Crippen molar-refractivity contribution in [3.05, 3.63) is 23.8 Å². The lowest BCUT2D eigenvalue weighted by atomic mass is 10.1. The molecule has 1 rings (SSSR count). The van der Waals surface area contributed by atoms with E-state index in [9.17, 15) is 19.8 Å². The molecule has 8 nitrogen and oxygen atoms in total. The zero-order chi connectivity index (χ0) is 20.9. The van der Waals surface area contributed by atoms with Crippen molar-refractivity contribution < 1.29 is 19.8 Å². The number of hydrogen-bond donors (Lipinski definition) is 6. The zero-order valence-corrected chi connectivity index (χ0v) is 16.5. The summed E-state index contributed by atoms with van der Waals surface area (Å²) in [6, 6.07) is 3.37. The van der Waals surface area contributed by atoms with Gasteiger partial charge in [-0.15, -0.1) is 0 Å². The van der Waals surface area contributed by atoms with Gasteiger partial charge < -0.3 is 26.6 Å². The molecular weight excluding hydrogens is 360 g/mol. The summed E-state index contributed by atoms with van der Waals surface area (Å²) in [4.78, 5) is 24.5. The maximum Gasteiger partial charge on any atom is 0.243 e. The highest BCUT2D eigenvalue weighted by Crippen LogP contribution is 2.22. The van der Waals surface area contributed by atoms with Crippen molar-refractivity contribution in [2.24, 2.45) is 5.73 Å². The van der Waals surface area contributed by atoms with Crippen LogP contribution in [0.4, 0.5) is 0 Å². The summed E-state index contributed by atoms with van der Waals surface area (Å²) in [7, 11) is 0. The molecule has 1 aromatic carbocycles. The lowest BCUT2D eigenvalue weighted by Gasteiger charge is -2.18. The van der Waals surface area contributed by atoms with Gasteiger partial charge in [-0.05, 0) is 24.5 Å². The first-order valence-electron chi connectivity index (χ1n) is 9.74. The maximum absolute atomic E-state index is 12.4. The molecule has 0 fully saturated rings. The van der Waals surface area contributed by atoms with E-state index in [0.29, 0.717) is 18.4 Å². The second-order valence-corrected chi connectivity index (χ2v) is 6.87. The number of amidine groups is 1. The number of carbonyl (C=O) groups excluding carboxylic acids is 2. The molecule has 1 aromatic rings. The first-order valence-corrected chi connectivity index (χ1v) is 9.74. The van der Waals surface area contributed by atoms with Gasteiger partial charge in [-0.25, -0.2) is 0 Å². The summed E-state index contributed by atoms with van der Waals surface area (Å²) < 4.78 is 0.